The van der Waals surface area contributed by atoms with Crippen LogP contribution in [0.15, 0.2) is 12.2 Å². The molecule has 0 rings (SSSR count). The predicted octanol–water partition coefficient (Wildman–Crippen LogP) is 25.5. The van der Waals surface area contributed by atoms with E-state index in [9.17, 15) is 19.8 Å². The molecule has 0 aliphatic carbocycles. The molecule has 0 saturated heterocycles. The van der Waals surface area contributed by atoms with Crippen LogP contribution in [0.25, 0.3) is 0 Å². The molecule has 2 unspecified atom stereocenters. The van der Waals surface area contributed by atoms with E-state index in [1.807, 2.05) is 0 Å². The van der Waals surface area contributed by atoms with Crippen LogP contribution >= 0.6 is 0 Å². The van der Waals surface area contributed by atoms with Gasteiger partial charge in [-0.05, 0) is 51.4 Å². The van der Waals surface area contributed by atoms with Crippen molar-refractivity contribution in [2.75, 3.05) is 13.2 Å². The van der Waals surface area contributed by atoms with Crippen molar-refractivity contribution in [2.45, 2.75) is 463 Å². The summed E-state index contributed by atoms with van der Waals surface area (Å²) in [5, 5.41) is 23.4. The molecular formula is C78H153NO5. The molecule has 500 valence electrons. The fourth-order valence-corrected chi connectivity index (χ4v) is 12.6. The Kier molecular flexibility index (Phi) is 72.8. The van der Waals surface area contributed by atoms with Crippen LogP contribution in [0.3, 0.4) is 0 Å². The second-order valence-corrected chi connectivity index (χ2v) is 27.0. The summed E-state index contributed by atoms with van der Waals surface area (Å²) in [5.74, 6) is -0.00897. The van der Waals surface area contributed by atoms with E-state index < -0.39 is 12.1 Å². The highest BCUT2D eigenvalue weighted by atomic mass is 16.5. The van der Waals surface area contributed by atoms with Gasteiger partial charge >= 0.3 is 5.97 Å². The van der Waals surface area contributed by atoms with Gasteiger partial charge in [-0.15, -0.1) is 0 Å². The van der Waals surface area contributed by atoms with Gasteiger partial charge in [0.2, 0.25) is 5.91 Å². The van der Waals surface area contributed by atoms with E-state index in [1.165, 1.54) is 372 Å². The van der Waals surface area contributed by atoms with E-state index in [0.717, 1.165) is 44.9 Å². The summed E-state index contributed by atoms with van der Waals surface area (Å²) in [6.45, 7) is 4.99. The molecule has 0 radical (unpaired) electrons. The summed E-state index contributed by atoms with van der Waals surface area (Å²) >= 11 is 0. The van der Waals surface area contributed by atoms with Gasteiger partial charge in [-0.25, -0.2) is 0 Å². The van der Waals surface area contributed by atoms with Crippen molar-refractivity contribution in [2.24, 2.45) is 0 Å². The van der Waals surface area contributed by atoms with Crippen LogP contribution in [0, 0.1) is 0 Å². The Balaban J connectivity index is 3.28. The van der Waals surface area contributed by atoms with Gasteiger partial charge in [-0.1, -0.05) is 398 Å². The number of amides is 1. The van der Waals surface area contributed by atoms with Crippen molar-refractivity contribution >= 4 is 11.9 Å². The Morgan fingerprint density at radius 3 is 0.845 bits per heavy atom. The molecule has 0 spiro atoms. The number of ether oxygens (including phenoxy) is 1. The first kappa shape index (κ1) is 82.6. The number of esters is 1. The topological polar surface area (TPSA) is 95.9 Å². The van der Waals surface area contributed by atoms with Gasteiger partial charge in [0.25, 0.3) is 0 Å². The van der Waals surface area contributed by atoms with Gasteiger partial charge in [0, 0.05) is 12.8 Å². The minimum absolute atomic E-state index is 0.0164. The van der Waals surface area contributed by atoms with Crippen molar-refractivity contribution in [3.8, 4) is 0 Å². The maximum Gasteiger partial charge on any atom is 0.305 e. The molecule has 0 aromatic heterocycles. The van der Waals surface area contributed by atoms with Crippen molar-refractivity contribution in [1.82, 2.24) is 5.32 Å². The van der Waals surface area contributed by atoms with Crippen LogP contribution in [-0.4, -0.2) is 47.4 Å². The summed E-state index contributed by atoms with van der Waals surface area (Å²) < 4.78 is 5.50. The van der Waals surface area contributed by atoms with E-state index in [4.69, 9.17) is 4.74 Å². The first-order valence-electron chi connectivity index (χ1n) is 38.9. The monoisotopic (exact) mass is 1180 g/mol. The van der Waals surface area contributed by atoms with Gasteiger partial charge < -0.3 is 20.3 Å². The Labute approximate surface area is 527 Å². The first-order chi connectivity index (χ1) is 41.5. The van der Waals surface area contributed by atoms with Gasteiger partial charge in [0.1, 0.15) is 0 Å². The zero-order valence-electron chi connectivity index (χ0n) is 57.4. The molecule has 0 aliphatic heterocycles. The van der Waals surface area contributed by atoms with E-state index in [1.54, 1.807) is 0 Å². The van der Waals surface area contributed by atoms with E-state index in [2.05, 4.69) is 31.3 Å². The lowest BCUT2D eigenvalue weighted by atomic mass is 10.0. The van der Waals surface area contributed by atoms with Gasteiger partial charge in [-0.3, -0.25) is 9.59 Å². The maximum atomic E-state index is 12.5. The first-order valence-corrected chi connectivity index (χ1v) is 38.9. The SMILES string of the molecule is CCCCCCCC/C=C\CCCCCCCC(=O)OCCCCCCCCCCCCCCCCCCCCCCCCCCCCCCCCCCCCCCCC(=O)NC(CO)C(O)CCCCCCCCCCCCCCCCC. The van der Waals surface area contributed by atoms with Crippen molar-refractivity contribution in [1.29, 1.82) is 0 Å². The molecule has 84 heavy (non-hydrogen) atoms. The Hall–Kier alpha value is -1.40. The number of carbonyl (C=O) groups is 2. The number of aliphatic hydroxyl groups is 2. The standard InChI is InChI=1S/C78H153NO5/c1-3-5-7-9-11-13-15-17-42-46-50-54-58-62-66-70-76(81)75(74-80)79-77(82)71-67-63-59-55-51-47-44-40-38-36-34-32-30-28-26-24-22-20-19-21-23-25-27-29-31-33-35-37-39-41-45-49-53-57-61-65-69-73-84-78(83)72-68-64-60-56-52-48-43-18-16-14-12-10-8-6-4-2/h18,43,75-76,80-81H,3-17,19-42,44-74H2,1-2H3,(H,79,82)/b43-18-. The fraction of sp³-hybridized carbons (Fsp3) is 0.949. The second kappa shape index (κ2) is 74.1. The number of hydrogen-bond donors (Lipinski definition) is 3. The number of aliphatic hydroxyl groups excluding tert-OH is 2. The summed E-state index contributed by atoms with van der Waals surface area (Å²) in [6, 6.07) is -0.536. The van der Waals surface area contributed by atoms with Gasteiger partial charge in [0.15, 0.2) is 0 Å². The second-order valence-electron chi connectivity index (χ2n) is 27.0. The number of unbranched alkanes of at least 4 members (excludes halogenated alkanes) is 61. The average molecular weight is 1190 g/mol. The lowest BCUT2D eigenvalue weighted by Gasteiger charge is -2.22. The molecule has 0 aliphatic rings. The number of allylic oxidation sites excluding steroid dienone is 2. The summed E-state index contributed by atoms with van der Waals surface area (Å²) in [5.41, 5.74) is 0. The average Bonchev–Trinajstić information content (AvgIpc) is 3.53. The molecular weight excluding hydrogens is 1030 g/mol. The fourth-order valence-electron chi connectivity index (χ4n) is 12.6. The summed E-state index contributed by atoms with van der Waals surface area (Å²) in [6.07, 6.45) is 93.1. The zero-order valence-corrected chi connectivity index (χ0v) is 57.4. The Morgan fingerprint density at radius 2 is 0.560 bits per heavy atom. The molecule has 0 aromatic carbocycles. The van der Waals surface area contributed by atoms with E-state index in [-0.39, 0.29) is 18.5 Å². The van der Waals surface area contributed by atoms with Gasteiger partial charge in [0.05, 0.1) is 25.4 Å². The zero-order chi connectivity index (χ0) is 60.6. The third kappa shape index (κ3) is 69.7. The smallest absolute Gasteiger partial charge is 0.305 e. The third-order valence-corrected chi connectivity index (χ3v) is 18.6. The lowest BCUT2D eigenvalue weighted by Crippen LogP contribution is -2.45. The van der Waals surface area contributed by atoms with Crippen LogP contribution in [-0.2, 0) is 14.3 Å². The molecule has 0 heterocycles. The Morgan fingerprint density at radius 1 is 0.321 bits per heavy atom. The molecule has 3 N–H and O–H groups in total. The van der Waals surface area contributed by atoms with E-state index in [0.29, 0.717) is 25.9 Å². The number of nitrogens with one attached hydrogen (secondary N) is 1. The Bertz CT molecular complexity index is 1270. The molecule has 6 nitrogen and oxygen atoms in total. The van der Waals surface area contributed by atoms with Crippen molar-refractivity contribution in [3.63, 3.8) is 0 Å². The quantitative estimate of drug-likeness (QED) is 0.0320. The summed E-state index contributed by atoms with van der Waals surface area (Å²) in [4.78, 5) is 24.6. The number of rotatable bonds is 74. The van der Waals surface area contributed by atoms with Crippen LogP contribution in [0.2, 0.25) is 0 Å². The summed E-state index contributed by atoms with van der Waals surface area (Å²) in [7, 11) is 0. The molecule has 2 atom stereocenters. The lowest BCUT2D eigenvalue weighted by molar-refractivity contribution is -0.143. The minimum Gasteiger partial charge on any atom is -0.466 e. The van der Waals surface area contributed by atoms with Crippen LogP contribution in [0.5, 0.6) is 0 Å². The van der Waals surface area contributed by atoms with Crippen LogP contribution in [0.1, 0.15) is 450 Å². The largest absolute Gasteiger partial charge is 0.466 e. The van der Waals surface area contributed by atoms with Gasteiger partial charge in [-0.2, -0.15) is 0 Å². The highest BCUT2D eigenvalue weighted by molar-refractivity contribution is 5.76. The predicted molar refractivity (Wildman–Crippen MR) is 370 cm³/mol. The normalized spacial score (nSPS) is 12.5. The molecule has 1 amide bonds. The molecule has 0 saturated carbocycles. The highest BCUT2D eigenvalue weighted by Crippen LogP contribution is 2.20. The number of carbonyl (C=O) groups excluding carboxylic acids is 2. The molecule has 0 fully saturated rings. The molecule has 0 aromatic rings. The highest BCUT2D eigenvalue weighted by Gasteiger charge is 2.20. The van der Waals surface area contributed by atoms with Crippen LogP contribution < -0.4 is 5.32 Å². The maximum absolute atomic E-state index is 12.5. The minimum atomic E-state index is -0.659. The molecule has 6 heteroatoms. The number of hydrogen-bond acceptors (Lipinski definition) is 5. The van der Waals surface area contributed by atoms with Crippen molar-refractivity contribution < 1.29 is 24.5 Å². The van der Waals surface area contributed by atoms with Crippen molar-refractivity contribution in [3.05, 3.63) is 12.2 Å². The third-order valence-electron chi connectivity index (χ3n) is 18.6. The molecule has 0 bridgehead atoms. The van der Waals surface area contributed by atoms with Crippen LogP contribution in [0.4, 0.5) is 0 Å². The van der Waals surface area contributed by atoms with E-state index >= 15 is 0 Å².